The smallest absolute Gasteiger partial charge is 0.0409 e. The van der Waals surface area contributed by atoms with E-state index in [1.807, 2.05) is 0 Å². The van der Waals surface area contributed by atoms with Gasteiger partial charge in [0.15, 0.2) is 0 Å². The Hall–Kier alpha value is -3.64. The maximum Gasteiger partial charge on any atom is 0.0409 e. The predicted octanol–water partition coefficient (Wildman–Crippen LogP) is 8.14. The van der Waals surface area contributed by atoms with Crippen molar-refractivity contribution in [2.45, 2.75) is 25.2 Å². The predicted molar refractivity (Wildman–Crippen MR) is 139 cm³/mol. The van der Waals surface area contributed by atoms with Crippen molar-refractivity contribution in [1.82, 2.24) is 0 Å². The van der Waals surface area contributed by atoms with E-state index in [0.29, 0.717) is 0 Å². The first-order valence-corrected chi connectivity index (χ1v) is 11.9. The van der Waals surface area contributed by atoms with Crippen LogP contribution in [-0.2, 0) is 5.41 Å². The van der Waals surface area contributed by atoms with Gasteiger partial charge in [0.2, 0.25) is 0 Å². The molecule has 0 bridgehead atoms. The van der Waals surface area contributed by atoms with Crippen LogP contribution in [0.2, 0.25) is 0 Å². The molecule has 0 fully saturated rings. The monoisotopic (exact) mass is 424 g/mol. The molecule has 0 heterocycles. The summed E-state index contributed by atoms with van der Waals surface area (Å²) in [5.74, 6) is 0.472. The molecule has 2 aliphatic carbocycles. The minimum Gasteiger partial charge on any atom is -0.0764 e. The second kappa shape index (κ2) is 7.74. The molecule has 4 aromatic carbocycles. The third kappa shape index (κ3) is 2.98. The Morgan fingerprint density at radius 2 is 0.939 bits per heavy atom. The molecule has 0 N–H and O–H groups in total. The molecule has 160 valence electrons. The van der Waals surface area contributed by atoms with Crippen LogP contribution in [0.15, 0.2) is 121 Å². The van der Waals surface area contributed by atoms with Gasteiger partial charge in [-0.15, -0.1) is 0 Å². The molecule has 0 amide bonds. The molecule has 2 aliphatic rings. The molecule has 0 saturated carbocycles. The van der Waals surface area contributed by atoms with Gasteiger partial charge in [-0.05, 0) is 47.2 Å². The van der Waals surface area contributed by atoms with Crippen molar-refractivity contribution >= 4 is 0 Å². The zero-order chi connectivity index (χ0) is 22.4. The number of hydrogen-bond donors (Lipinski definition) is 0. The summed E-state index contributed by atoms with van der Waals surface area (Å²) in [6.07, 6.45) is 9.22. The summed E-state index contributed by atoms with van der Waals surface area (Å²) in [6.45, 7) is 4.35. The fraction of sp³-hybridized carbons (Fsp3) is 0.152. The highest BCUT2D eigenvalue weighted by atomic mass is 14.5. The maximum absolute atomic E-state index is 2.39. The molecular weight excluding hydrogens is 396 g/mol. The van der Waals surface area contributed by atoms with E-state index < -0.39 is 0 Å². The Kier molecular flexibility index (Phi) is 4.69. The van der Waals surface area contributed by atoms with Crippen LogP contribution < -0.4 is 0 Å². The third-order valence-electron chi connectivity index (χ3n) is 7.62. The Labute approximate surface area is 196 Å². The van der Waals surface area contributed by atoms with E-state index in [2.05, 4.69) is 135 Å². The van der Waals surface area contributed by atoms with Crippen LogP contribution in [-0.4, -0.2) is 0 Å². The Morgan fingerprint density at radius 3 is 1.39 bits per heavy atom. The number of benzene rings is 4. The van der Waals surface area contributed by atoms with E-state index >= 15 is 0 Å². The SMILES string of the molecule is Cc1ccc(C(c2ccc(C)cc2)(C2C=CC=C2)C2c3ccccc3-c3ccccc32)cc1. The Balaban J connectivity index is 1.75. The van der Waals surface area contributed by atoms with E-state index in [1.54, 1.807) is 0 Å². The average Bonchev–Trinajstić information content (AvgIpc) is 3.50. The lowest BCUT2D eigenvalue weighted by molar-refractivity contribution is 0.395. The van der Waals surface area contributed by atoms with E-state index in [4.69, 9.17) is 0 Å². The maximum atomic E-state index is 2.39. The molecular formula is C33H28. The molecule has 33 heavy (non-hydrogen) atoms. The van der Waals surface area contributed by atoms with Crippen LogP contribution in [0.3, 0.4) is 0 Å². The topological polar surface area (TPSA) is 0 Å². The molecule has 0 radical (unpaired) electrons. The summed E-state index contributed by atoms with van der Waals surface area (Å²) < 4.78 is 0. The molecule has 0 nitrogen and oxygen atoms in total. The van der Waals surface area contributed by atoms with Crippen LogP contribution >= 0.6 is 0 Å². The van der Waals surface area contributed by atoms with Gasteiger partial charge in [0.1, 0.15) is 0 Å². The zero-order valence-electron chi connectivity index (χ0n) is 19.2. The quantitative estimate of drug-likeness (QED) is 0.310. The van der Waals surface area contributed by atoms with Crippen molar-refractivity contribution in [2.24, 2.45) is 5.92 Å². The third-order valence-corrected chi connectivity index (χ3v) is 7.62. The van der Waals surface area contributed by atoms with E-state index in [0.717, 1.165) is 0 Å². The zero-order valence-corrected chi connectivity index (χ0v) is 19.2. The molecule has 0 unspecified atom stereocenters. The minimum atomic E-state index is -0.256. The number of aryl methyl sites for hydroxylation is 2. The summed E-state index contributed by atoms with van der Waals surface area (Å²) in [4.78, 5) is 0. The highest BCUT2D eigenvalue weighted by Crippen LogP contribution is 2.60. The van der Waals surface area contributed by atoms with Gasteiger partial charge in [0.25, 0.3) is 0 Å². The van der Waals surface area contributed by atoms with Crippen molar-refractivity contribution in [3.8, 4) is 11.1 Å². The minimum absolute atomic E-state index is 0.215. The van der Waals surface area contributed by atoms with Crippen LogP contribution in [0.1, 0.15) is 39.3 Å². The highest BCUT2D eigenvalue weighted by Gasteiger charge is 2.51. The second-order valence-corrected chi connectivity index (χ2v) is 9.50. The van der Waals surface area contributed by atoms with Gasteiger partial charge >= 0.3 is 0 Å². The normalized spacial score (nSPS) is 15.1. The van der Waals surface area contributed by atoms with Gasteiger partial charge in [-0.2, -0.15) is 0 Å². The van der Waals surface area contributed by atoms with Crippen LogP contribution in [0, 0.1) is 19.8 Å². The summed E-state index contributed by atoms with van der Waals surface area (Å²) in [5.41, 5.74) is 10.7. The summed E-state index contributed by atoms with van der Waals surface area (Å²) in [6, 6.07) is 36.6. The highest BCUT2D eigenvalue weighted by molar-refractivity contribution is 5.81. The van der Waals surface area contributed by atoms with Gasteiger partial charge in [0, 0.05) is 17.3 Å². The Bertz CT molecular complexity index is 1260. The van der Waals surface area contributed by atoms with Gasteiger partial charge in [-0.1, -0.05) is 132 Å². The van der Waals surface area contributed by atoms with Gasteiger partial charge in [0.05, 0.1) is 0 Å². The molecule has 0 spiro atoms. The number of fused-ring (bicyclic) bond motifs is 3. The van der Waals surface area contributed by atoms with Gasteiger partial charge < -0.3 is 0 Å². The van der Waals surface area contributed by atoms with Crippen LogP contribution in [0.4, 0.5) is 0 Å². The van der Waals surface area contributed by atoms with E-state index in [-0.39, 0.29) is 17.3 Å². The molecule has 6 rings (SSSR count). The fourth-order valence-corrected chi connectivity index (χ4v) is 6.12. The second-order valence-electron chi connectivity index (χ2n) is 9.50. The van der Waals surface area contributed by atoms with E-state index in [1.165, 1.54) is 44.5 Å². The molecule has 4 aromatic rings. The van der Waals surface area contributed by atoms with Crippen molar-refractivity contribution in [2.75, 3.05) is 0 Å². The van der Waals surface area contributed by atoms with Crippen LogP contribution in [0.5, 0.6) is 0 Å². The summed E-state index contributed by atoms with van der Waals surface area (Å²) in [5, 5.41) is 0. The lowest BCUT2D eigenvalue weighted by atomic mass is 9.56. The van der Waals surface area contributed by atoms with Gasteiger partial charge in [-0.25, -0.2) is 0 Å². The van der Waals surface area contributed by atoms with Crippen molar-refractivity contribution in [3.05, 3.63) is 155 Å². The first kappa shape index (κ1) is 20.0. The molecule has 0 aromatic heterocycles. The fourth-order valence-electron chi connectivity index (χ4n) is 6.12. The summed E-state index contributed by atoms with van der Waals surface area (Å²) >= 11 is 0. The Morgan fingerprint density at radius 1 is 0.515 bits per heavy atom. The number of allylic oxidation sites excluding steroid dienone is 4. The largest absolute Gasteiger partial charge is 0.0764 e. The van der Waals surface area contributed by atoms with Crippen molar-refractivity contribution in [3.63, 3.8) is 0 Å². The molecule has 0 aliphatic heterocycles. The van der Waals surface area contributed by atoms with Gasteiger partial charge in [-0.3, -0.25) is 0 Å². The van der Waals surface area contributed by atoms with Crippen LogP contribution in [0.25, 0.3) is 11.1 Å². The lowest BCUT2D eigenvalue weighted by Crippen LogP contribution is -2.40. The number of rotatable bonds is 4. The average molecular weight is 425 g/mol. The van der Waals surface area contributed by atoms with Crippen molar-refractivity contribution in [1.29, 1.82) is 0 Å². The molecule has 0 atom stereocenters. The first-order chi connectivity index (χ1) is 16.2. The first-order valence-electron chi connectivity index (χ1n) is 11.9. The van der Waals surface area contributed by atoms with E-state index in [9.17, 15) is 0 Å². The lowest BCUT2D eigenvalue weighted by Gasteiger charge is -2.45. The number of hydrogen-bond acceptors (Lipinski definition) is 0. The summed E-state index contributed by atoms with van der Waals surface area (Å²) in [7, 11) is 0. The standard InChI is InChI=1S/C33H28/c1-23-15-19-26(20-16-23)33(25-9-3-4-10-25,27-21-17-24(2)18-22-27)32-30-13-7-5-11-28(30)29-12-6-8-14-31(29)32/h3-22,25,32H,1-2H3. The molecule has 0 heteroatoms. The molecule has 0 saturated heterocycles. The van der Waals surface area contributed by atoms with Crippen molar-refractivity contribution < 1.29 is 0 Å².